The van der Waals surface area contributed by atoms with Gasteiger partial charge in [0.25, 0.3) is 0 Å². The molecular weight excluding hydrogens is 202 g/mol. The fourth-order valence-electron chi connectivity index (χ4n) is 1.54. The minimum Gasteiger partial charge on any atom is -0.357 e. The van der Waals surface area contributed by atoms with E-state index in [0.29, 0.717) is 6.54 Å². The minimum atomic E-state index is -0.372. The summed E-state index contributed by atoms with van der Waals surface area (Å²) in [4.78, 5) is 11.6. The van der Waals surface area contributed by atoms with Gasteiger partial charge in [-0.1, -0.05) is 19.8 Å². The molecule has 0 aliphatic carbocycles. The number of nitrogens with two attached hydrogens (primary N) is 1. The van der Waals surface area contributed by atoms with E-state index in [9.17, 15) is 4.79 Å². The zero-order chi connectivity index (χ0) is 12.0. The molecule has 1 unspecified atom stereocenters. The van der Waals surface area contributed by atoms with Gasteiger partial charge in [0.05, 0.1) is 6.04 Å². The highest BCUT2D eigenvalue weighted by Crippen LogP contribution is 2.01. The Kier molecular flexibility index (Phi) is 5.05. The van der Waals surface area contributed by atoms with E-state index in [1.807, 2.05) is 30.1 Å². The number of carbonyl (C=O) groups is 1. The van der Waals surface area contributed by atoms with Crippen molar-refractivity contribution in [1.82, 2.24) is 9.88 Å². The molecular formula is C12H21N3O. The van der Waals surface area contributed by atoms with Gasteiger partial charge >= 0.3 is 0 Å². The Hall–Kier alpha value is -1.29. The van der Waals surface area contributed by atoms with E-state index in [0.717, 1.165) is 24.8 Å². The molecule has 3 N–H and O–H groups in total. The standard InChI is InChI=1S/C12H21N3O/c1-3-4-5-11(13)12(16)14-8-10-6-7-15(2)9-10/h6-7,9,11H,3-5,8,13H2,1-2H3,(H,14,16). The third-order valence-electron chi connectivity index (χ3n) is 2.57. The van der Waals surface area contributed by atoms with Crippen LogP contribution in [0, 0.1) is 0 Å². The lowest BCUT2D eigenvalue weighted by atomic mass is 10.1. The highest BCUT2D eigenvalue weighted by Gasteiger charge is 2.11. The summed E-state index contributed by atoms with van der Waals surface area (Å²) in [5, 5.41) is 2.84. The third-order valence-corrected chi connectivity index (χ3v) is 2.57. The number of nitrogens with one attached hydrogen (secondary N) is 1. The first-order valence-corrected chi connectivity index (χ1v) is 5.77. The van der Waals surface area contributed by atoms with Crippen molar-refractivity contribution in [2.75, 3.05) is 0 Å². The predicted molar refractivity (Wildman–Crippen MR) is 64.8 cm³/mol. The lowest BCUT2D eigenvalue weighted by Gasteiger charge is -2.10. The van der Waals surface area contributed by atoms with Gasteiger partial charge in [0, 0.05) is 26.0 Å². The second-order valence-corrected chi connectivity index (χ2v) is 4.15. The lowest BCUT2D eigenvalue weighted by Crippen LogP contribution is -2.40. The zero-order valence-electron chi connectivity index (χ0n) is 10.1. The van der Waals surface area contributed by atoms with E-state index in [1.165, 1.54) is 0 Å². The Morgan fingerprint density at radius 2 is 2.38 bits per heavy atom. The lowest BCUT2D eigenvalue weighted by molar-refractivity contribution is -0.122. The van der Waals surface area contributed by atoms with Crippen LogP contribution in [0.4, 0.5) is 0 Å². The highest BCUT2D eigenvalue weighted by molar-refractivity contribution is 5.81. The number of amides is 1. The number of unbranched alkanes of at least 4 members (excludes halogenated alkanes) is 1. The van der Waals surface area contributed by atoms with Crippen LogP contribution in [0.3, 0.4) is 0 Å². The molecule has 0 saturated carbocycles. The van der Waals surface area contributed by atoms with Gasteiger partial charge < -0.3 is 15.6 Å². The Morgan fingerprint density at radius 3 is 2.94 bits per heavy atom. The van der Waals surface area contributed by atoms with Gasteiger partial charge in [-0.3, -0.25) is 4.79 Å². The van der Waals surface area contributed by atoms with Crippen molar-refractivity contribution in [2.45, 2.75) is 38.8 Å². The first-order valence-electron chi connectivity index (χ1n) is 5.77. The van der Waals surface area contributed by atoms with E-state index >= 15 is 0 Å². The van der Waals surface area contributed by atoms with Crippen molar-refractivity contribution in [2.24, 2.45) is 12.8 Å². The number of carbonyl (C=O) groups excluding carboxylic acids is 1. The third kappa shape index (κ3) is 4.06. The van der Waals surface area contributed by atoms with Crippen molar-refractivity contribution in [1.29, 1.82) is 0 Å². The summed E-state index contributed by atoms with van der Waals surface area (Å²) in [6.45, 7) is 2.65. The van der Waals surface area contributed by atoms with Crippen LogP contribution >= 0.6 is 0 Å². The van der Waals surface area contributed by atoms with Gasteiger partial charge in [-0.2, -0.15) is 0 Å². The van der Waals surface area contributed by atoms with Gasteiger partial charge in [0.2, 0.25) is 5.91 Å². The number of aromatic nitrogens is 1. The van der Waals surface area contributed by atoms with E-state index in [1.54, 1.807) is 0 Å². The van der Waals surface area contributed by atoms with Crippen LogP contribution in [-0.4, -0.2) is 16.5 Å². The molecule has 0 saturated heterocycles. The molecule has 1 aromatic rings. The maximum Gasteiger partial charge on any atom is 0.237 e. The van der Waals surface area contributed by atoms with E-state index < -0.39 is 0 Å². The largest absolute Gasteiger partial charge is 0.357 e. The van der Waals surface area contributed by atoms with Crippen molar-refractivity contribution in [3.05, 3.63) is 24.0 Å². The van der Waals surface area contributed by atoms with Crippen LogP contribution in [0.5, 0.6) is 0 Å². The van der Waals surface area contributed by atoms with Crippen LogP contribution in [0.15, 0.2) is 18.5 Å². The topological polar surface area (TPSA) is 60.1 Å². The summed E-state index contributed by atoms with van der Waals surface area (Å²) < 4.78 is 1.96. The predicted octanol–water partition coefficient (Wildman–Crippen LogP) is 1.16. The van der Waals surface area contributed by atoms with Gasteiger partial charge in [-0.25, -0.2) is 0 Å². The highest BCUT2D eigenvalue weighted by atomic mass is 16.2. The molecule has 0 radical (unpaired) electrons. The van der Waals surface area contributed by atoms with Crippen LogP contribution in [-0.2, 0) is 18.4 Å². The molecule has 0 aliphatic heterocycles. The van der Waals surface area contributed by atoms with Crippen molar-refractivity contribution >= 4 is 5.91 Å². The second-order valence-electron chi connectivity index (χ2n) is 4.15. The Balaban J connectivity index is 2.29. The normalized spacial score (nSPS) is 12.4. The van der Waals surface area contributed by atoms with E-state index in [2.05, 4.69) is 12.2 Å². The van der Waals surface area contributed by atoms with Gasteiger partial charge in [0.1, 0.15) is 0 Å². The molecule has 0 aromatic carbocycles. The first kappa shape index (κ1) is 12.8. The molecule has 1 rings (SSSR count). The Morgan fingerprint density at radius 1 is 1.62 bits per heavy atom. The molecule has 1 amide bonds. The molecule has 16 heavy (non-hydrogen) atoms. The van der Waals surface area contributed by atoms with Gasteiger partial charge in [0.15, 0.2) is 0 Å². The maximum absolute atomic E-state index is 11.6. The molecule has 90 valence electrons. The molecule has 0 fully saturated rings. The fourth-order valence-corrected chi connectivity index (χ4v) is 1.54. The van der Waals surface area contributed by atoms with E-state index in [4.69, 9.17) is 5.73 Å². The Bertz CT molecular complexity index is 333. The fraction of sp³-hybridized carbons (Fsp3) is 0.583. The summed E-state index contributed by atoms with van der Waals surface area (Å²) in [6.07, 6.45) is 6.77. The summed E-state index contributed by atoms with van der Waals surface area (Å²) in [5.41, 5.74) is 6.85. The van der Waals surface area contributed by atoms with Crippen LogP contribution < -0.4 is 11.1 Å². The van der Waals surface area contributed by atoms with Crippen molar-refractivity contribution < 1.29 is 4.79 Å². The van der Waals surface area contributed by atoms with Gasteiger partial charge in [-0.05, 0) is 18.1 Å². The van der Waals surface area contributed by atoms with Crippen LogP contribution in [0.1, 0.15) is 31.7 Å². The van der Waals surface area contributed by atoms with Crippen molar-refractivity contribution in [3.63, 3.8) is 0 Å². The molecule has 1 heterocycles. The molecule has 1 atom stereocenters. The van der Waals surface area contributed by atoms with Crippen LogP contribution in [0.2, 0.25) is 0 Å². The minimum absolute atomic E-state index is 0.0581. The molecule has 0 spiro atoms. The quantitative estimate of drug-likeness (QED) is 0.760. The zero-order valence-corrected chi connectivity index (χ0v) is 10.1. The average Bonchev–Trinajstić information content (AvgIpc) is 2.68. The molecule has 4 nitrogen and oxygen atoms in total. The monoisotopic (exact) mass is 223 g/mol. The first-order chi connectivity index (χ1) is 7.63. The summed E-state index contributed by atoms with van der Waals surface area (Å²) in [5.74, 6) is -0.0581. The number of nitrogens with zero attached hydrogens (tertiary/aromatic N) is 1. The van der Waals surface area contributed by atoms with Gasteiger partial charge in [-0.15, -0.1) is 0 Å². The summed E-state index contributed by atoms with van der Waals surface area (Å²) in [7, 11) is 1.96. The summed E-state index contributed by atoms with van der Waals surface area (Å²) >= 11 is 0. The Labute approximate surface area is 96.8 Å². The maximum atomic E-state index is 11.6. The second kappa shape index (κ2) is 6.33. The van der Waals surface area contributed by atoms with Crippen LogP contribution in [0.25, 0.3) is 0 Å². The number of aryl methyl sites for hydroxylation is 1. The molecule has 0 bridgehead atoms. The average molecular weight is 223 g/mol. The molecule has 1 aromatic heterocycles. The molecule has 0 aliphatic rings. The number of hydrogen-bond donors (Lipinski definition) is 2. The van der Waals surface area contributed by atoms with Crippen molar-refractivity contribution in [3.8, 4) is 0 Å². The van der Waals surface area contributed by atoms with E-state index in [-0.39, 0.29) is 11.9 Å². The molecule has 4 heteroatoms. The smallest absolute Gasteiger partial charge is 0.237 e. The summed E-state index contributed by atoms with van der Waals surface area (Å²) in [6, 6.07) is 1.61. The number of hydrogen-bond acceptors (Lipinski definition) is 2. The number of rotatable bonds is 6. The SMILES string of the molecule is CCCCC(N)C(=O)NCc1ccn(C)c1.